The van der Waals surface area contributed by atoms with Crippen LogP contribution in [0.25, 0.3) is 0 Å². The average Bonchev–Trinajstić information content (AvgIpc) is 2.36. The van der Waals surface area contributed by atoms with Crippen molar-refractivity contribution in [1.29, 1.82) is 0 Å². The second-order valence-corrected chi connectivity index (χ2v) is 4.89. The van der Waals surface area contributed by atoms with Gasteiger partial charge in [0.1, 0.15) is 0 Å². The molecule has 1 aliphatic carbocycles. The molecule has 1 aliphatic rings. The molecule has 1 saturated carbocycles. The molecule has 0 aromatic heterocycles. The van der Waals surface area contributed by atoms with E-state index in [2.05, 4.69) is 23.7 Å². The first-order chi connectivity index (χ1) is 5.72. The van der Waals surface area contributed by atoms with E-state index in [0.717, 1.165) is 11.1 Å². The molecule has 0 bridgehead atoms. The largest absolute Gasteiger partial charge is 0.388 e. The molecule has 0 radical (unpaired) electrons. The molecular weight excluding hydrogens is 168 g/mol. The van der Waals surface area contributed by atoms with Gasteiger partial charge < -0.3 is 5.73 Å². The lowest BCUT2D eigenvalue weighted by molar-refractivity contribution is 0.706. The molecule has 12 heavy (non-hydrogen) atoms. The molecule has 2 unspecified atom stereocenters. The van der Waals surface area contributed by atoms with Gasteiger partial charge in [0.15, 0.2) is 0 Å². The second kappa shape index (κ2) is 4.75. The summed E-state index contributed by atoms with van der Waals surface area (Å²) in [6.45, 7) is 4.09. The first-order valence-electron chi connectivity index (χ1n) is 4.63. The van der Waals surface area contributed by atoms with E-state index in [4.69, 9.17) is 5.73 Å². The van der Waals surface area contributed by atoms with E-state index in [1.807, 2.05) is 6.92 Å². The number of rotatable bonds is 3. The Kier molecular flexibility index (Phi) is 3.92. The van der Waals surface area contributed by atoms with Gasteiger partial charge >= 0.3 is 0 Å². The number of thioether (sulfide) groups is 1. The van der Waals surface area contributed by atoms with Gasteiger partial charge in [-0.2, -0.15) is 11.8 Å². The van der Waals surface area contributed by atoms with Crippen LogP contribution in [0.15, 0.2) is 4.99 Å². The summed E-state index contributed by atoms with van der Waals surface area (Å²) in [5.74, 6) is 1.96. The van der Waals surface area contributed by atoms with E-state index in [1.165, 1.54) is 25.0 Å². The van der Waals surface area contributed by atoms with Crippen molar-refractivity contribution in [2.45, 2.75) is 44.4 Å². The summed E-state index contributed by atoms with van der Waals surface area (Å²) in [6, 6.07) is 0.513. The summed E-state index contributed by atoms with van der Waals surface area (Å²) >= 11 is 2.06. The minimum absolute atomic E-state index is 0.513. The fourth-order valence-corrected chi connectivity index (χ4v) is 2.84. The molecule has 0 saturated heterocycles. The van der Waals surface area contributed by atoms with Crippen LogP contribution in [0.4, 0.5) is 0 Å². The van der Waals surface area contributed by atoms with Gasteiger partial charge in [0, 0.05) is 5.25 Å². The van der Waals surface area contributed by atoms with Crippen LogP contribution in [0.2, 0.25) is 0 Å². The van der Waals surface area contributed by atoms with E-state index < -0.39 is 0 Å². The quantitative estimate of drug-likeness (QED) is 0.541. The van der Waals surface area contributed by atoms with Crippen LogP contribution in [0.5, 0.6) is 0 Å². The fraction of sp³-hybridized carbons (Fsp3) is 0.889. The first kappa shape index (κ1) is 9.90. The van der Waals surface area contributed by atoms with Crippen LogP contribution < -0.4 is 5.73 Å². The highest BCUT2D eigenvalue weighted by atomic mass is 32.2. The molecule has 2 N–H and O–H groups in total. The van der Waals surface area contributed by atoms with Crippen molar-refractivity contribution in [2.24, 2.45) is 10.7 Å². The van der Waals surface area contributed by atoms with Gasteiger partial charge in [-0.15, -0.1) is 0 Å². The van der Waals surface area contributed by atoms with Gasteiger partial charge in [-0.05, 0) is 31.9 Å². The predicted octanol–water partition coefficient (Wildman–Crippen LogP) is 2.04. The molecule has 0 aromatic carbocycles. The van der Waals surface area contributed by atoms with E-state index >= 15 is 0 Å². The van der Waals surface area contributed by atoms with Crippen LogP contribution in [0.1, 0.15) is 33.1 Å². The standard InChI is InChI=1S/C9H18N2S/c1-3-12-9-5-4-8(6-9)11-7(2)10/h8-9H,3-6H2,1-2H3,(H2,10,11). The lowest BCUT2D eigenvalue weighted by atomic mass is 10.3. The van der Waals surface area contributed by atoms with Gasteiger partial charge in [0.05, 0.1) is 11.9 Å². The number of nitrogens with two attached hydrogens (primary N) is 1. The summed E-state index contributed by atoms with van der Waals surface area (Å²) in [5, 5.41) is 0.836. The number of aliphatic imine (C=N–C) groups is 1. The van der Waals surface area contributed by atoms with Crippen molar-refractivity contribution < 1.29 is 0 Å². The Hall–Kier alpha value is -0.180. The van der Waals surface area contributed by atoms with Crippen LogP contribution in [-0.2, 0) is 0 Å². The molecule has 0 aromatic rings. The Morgan fingerprint density at radius 2 is 2.33 bits per heavy atom. The Bertz CT molecular complexity index is 164. The summed E-state index contributed by atoms with van der Waals surface area (Å²) in [6.07, 6.45) is 3.78. The molecular formula is C9H18N2S. The van der Waals surface area contributed by atoms with Crippen molar-refractivity contribution >= 4 is 17.6 Å². The van der Waals surface area contributed by atoms with E-state index in [9.17, 15) is 0 Å². The summed E-state index contributed by atoms with van der Waals surface area (Å²) in [5.41, 5.74) is 5.53. The van der Waals surface area contributed by atoms with Gasteiger partial charge in [0.2, 0.25) is 0 Å². The molecule has 0 heterocycles. The third-order valence-electron chi connectivity index (χ3n) is 2.15. The molecule has 0 amide bonds. The van der Waals surface area contributed by atoms with Crippen molar-refractivity contribution in [3.05, 3.63) is 0 Å². The number of hydrogen-bond acceptors (Lipinski definition) is 2. The number of nitrogens with zero attached hydrogens (tertiary/aromatic N) is 1. The maximum absolute atomic E-state index is 5.53. The zero-order valence-corrected chi connectivity index (χ0v) is 8.73. The van der Waals surface area contributed by atoms with Crippen LogP contribution in [-0.4, -0.2) is 22.9 Å². The van der Waals surface area contributed by atoms with Crippen molar-refractivity contribution in [3.8, 4) is 0 Å². The minimum Gasteiger partial charge on any atom is -0.388 e. The van der Waals surface area contributed by atoms with Gasteiger partial charge in [-0.3, -0.25) is 4.99 Å². The number of amidine groups is 1. The molecule has 2 nitrogen and oxygen atoms in total. The molecule has 3 heteroatoms. The van der Waals surface area contributed by atoms with Gasteiger partial charge in [-0.25, -0.2) is 0 Å². The average molecular weight is 186 g/mol. The van der Waals surface area contributed by atoms with Crippen LogP contribution >= 0.6 is 11.8 Å². The third kappa shape index (κ3) is 3.05. The lowest BCUT2D eigenvalue weighted by Gasteiger charge is -2.06. The third-order valence-corrected chi connectivity index (χ3v) is 3.38. The first-order valence-corrected chi connectivity index (χ1v) is 5.68. The predicted molar refractivity (Wildman–Crippen MR) is 56.9 cm³/mol. The zero-order valence-electron chi connectivity index (χ0n) is 7.92. The fourth-order valence-electron chi connectivity index (χ4n) is 1.71. The molecule has 2 atom stereocenters. The van der Waals surface area contributed by atoms with Crippen LogP contribution in [0.3, 0.4) is 0 Å². The Balaban J connectivity index is 2.30. The van der Waals surface area contributed by atoms with E-state index in [0.29, 0.717) is 6.04 Å². The smallest absolute Gasteiger partial charge is 0.0909 e. The molecule has 1 rings (SSSR count). The van der Waals surface area contributed by atoms with Crippen molar-refractivity contribution in [3.63, 3.8) is 0 Å². The Morgan fingerprint density at radius 3 is 2.92 bits per heavy atom. The van der Waals surface area contributed by atoms with E-state index in [1.54, 1.807) is 0 Å². The second-order valence-electron chi connectivity index (χ2n) is 3.31. The highest BCUT2D eigenvalue weighted by Crippen LogP contribution is 2.31. The molecule has 0 spiro atoms. The highest BCUT2D eigenvalue weighted by Gasteiger charge is 2.23. The van der Waals surface area contributed by atoms with Gasteiger partial charge in [0.25, 0.3) is 0 Å². The van der Waals surface area contributed by atoms with Crippen molar-refractivity contribution in [2.75, 3.05) is 5.75 Å². The maximum Gasteiger partial charge on any atom is 0.0909 e. The SMILES string of the molecule is CCSC1CCC(N=C(C)N)C1. The van der Waals surface area contributed by atoms with Crippen molar-refractivity contribution in [1.82, 2.24) is 0 Å². The summed E-state index contributed by atoms with van der Waals surface area (Å²) in [7, 11) is 0. The zero-order chi connectivity index (χ0) is 8.97. The Labute approximate surface area is 79.0 Å². The topological polar surface area (TPSA) is 38.4 Å². The normalized spacial score (nSPS) is 31.0. The lowest BCUT2D eigenvalue weighted by Crippen LogP contribution is -2.11. The summed E-state index contributed by atoms with van der Waals surface area (Å²) < 4.78 is 0. The highest BCUT2D eigenvalue weighted by molar-refractivity contribution is 7.99. The molecule has 0 aliphatic heterocycles. The summed E-state index contributed by atoms with van der Waals surface area (Å²) in [4.78, 5) is 4.39. The van der Waals surface area contributed by atoms with Crippen LogP contribution in [0, 0.1) is 0 Å². The monoisotopic (exact) mass is 186 g/mol. The molecule has 70 valence electrons. The van der Waals surface area contributed by atoms with E-state index in [-0.39, 0.29) is 0 Å². The number of hydrogen-bond donors (Lipinski definition) is 1. The molecule has 1 fully saturated rings. The Morgan fingerprint density at radius 1 is 1.58 bits per heavy atom. The van der Waals surface area contributed by atoms with Gasteiger partial charge in [-0.1, -0.05) is 6.92 Å². The maximum atomic E-state index is 5.53. The minimum atomic E-state index is 0.513.